The zero-order chi connectivity index (χ0) is 18.4. The molecule has 0 atom stereocenters. The lowest BCUT2D eigenvalue weighted by atomic mass is 10.1. The molecule has 1 saturated carbocycles. The van der Waals surface area contributed by atoms with Crippen LogP contribution < -0.4 is 10.6 Å². The number of nitrogens with one attached hydrogen (secondary N) is 2. The Morgan fingerprint density at radius 1 is 1.23 bits per heavy atom. The number of nitrogens with zero attached hydrogens (tertiary/aromatic N) is 2. The number of hydrogen-bond acceptors (Lipinski definition) is 4. The van der Waals surface area contributed by atoms with E-state index in [0.29, 0.717) is 23.9 Å². The summed E-state index contributed by atoms with van der Waals surface area (Å²) < 4.78 is 6.59. The number of ether oxygens (including phenoxy) is 1. The molecule has 1 aliphatic carbocycles. The summed E-state index contributed by atoms with van der Waals surface area (Å²) in [7, 11) is 1.63. The fourth-order valence-electron chi connectivity index (χ4n) is 3.13. The van der Waals surface area contributed by atoms with E-state index < -0.39 is 0 Å². The Morgan fingerprint density at radius 2 is 1.96 bits per heavy atom. The molecule has 0 saturated heterocycles. The van der Waals surface area contributed by atoms with Gasteiger partial charge in [0.15, 0.2) is 0 Å². The predicted octanol–water partition coefficient (Wildman–Crippen LogP) is 2.34. The molecular weight excluding hydrogens is 332 g/mol. The van der Waals surface area contributed by atoms with Crippen LogP contribution in [-0.4, -0.2) is 34.7 Å². The lowest BCUT2D eigenvalue weighted by molar-refractivity contribution is -0.122. The van der Waals surface area contributed by atoms with Crippen molar-refractivity contribution in [1.29, 1.82) is 0 Å². The van der Waals surface area contributed by atoms with E-state index in [2.05, 4.69) is 15.7 Å². The lowest BCUT2D eigenvalue weighted by Gasteiger charge is -2.11. The molecule has 2 N–H and O–H groups in total. The van der Waals surface area contributed by atoms with Gasteiger partial charge in [0.1, 0.15) is 6.54 Å². The van der Waals surface area contributed by atoms with Gasteiger partial charge in [0.2, 0.25) is 5.91 Å². The minimum absolute atomic E-state index is 0.0494. The van der Waals surface area contributed by atoms with Gasteiger partial charge in [-0.25, -0.2) is 0 Å². The maximum Gasteiger partial charge on any atom is 0.255 e. The summed E-state index contributed by atoms with van der Waals surface area (Å²) in [6.45, 7) is 0.662. The van der Waals surface area contributed by atoms with Crippen LogP contribution in [-0.2, 0) is 22.7 Å². The molecule has 0 bridgehead atoms. The SMILES string of the molecule is COCc1ccc(C(=O)Nc2cnn(CC(=O)NC3CCCC3)c2)cc1. The molecule has 0 unspecified atom stereocenters. The van der Waals surface area contributed by atoms with Crippen LogP contribution in [0.2, 0.25) is 0 Å². The van der Waals surface area contributed by atoms with Crippen molar-refractivity contribution in [3.63, 3.8) is 0 Å². The van der Waals surface area contributed by atoms with Gasteiger partial charge in [-0.3, -0.25) is 14.3 Å². The minimum atomic E-state index is -0.219. The number of methoxy groups -OCH3 is 1. The van der Waals surface area contributed by atoms with Crippen molar-refractivity contribution >= 4 is 17.5 Å². The molecule has 1 aliphatic rings. The Kier molecular flexibility index (Phi) is 6.01. The van der Waals surface area contributed by atoms with Crippen LogP contribution in [0.25, 0.3) is 0 Å². The second kappa shape index (κ2) is 8.62. The largest absolute Gasteiger partial charge is 0.380 e. The maximum atomic E-state index is 12.3. The molecule has 0 spiro atoms. The Labute approximate surface area is 152 Å². The Bertz CT molecular complexity index is 748. The number of hydrogen-bond donors (Lipinski definition) is 2. The predicted molar refractivity (Wildman–Crippen MR) is 97.7 cm³/mol. The average molecular weight is 356 g/mol. The van der Waals surface area contributed by atoms with Gasteiger partial charge in [0.05, 0.1) is 18.5 Å². The zero-order valence-corrected chi connectivity index (χ0v) is 14.9. The first kappa shape index (κ1) is 18.1. The van der Waals surface area contributed by atoms with Crippen LogP contribution >= 0.6 is 0 Å². The number of carbonyl (C=O) groups excluding carboxylic acids is 2. The first-order valence-electron chi connectivity index (χ1n) is 8.85. The third-order valence-corrected chi connectivity index (χ3v) is 4.44. The molecule has 2 aromatic rings. The van der Waals surface area contributed by atoms with Gasteiger partial charge in [-0.05, 0) is 30.5 Å². The fraction of sp³-hybridized carbons (Fsp3) is 0.421. The second-order valence-electron chi connectivity index (χ2n) is 6.56. The van der Waals surface area contributed by atoms with E-state index in [1.54, 1.807) is 31.6 Å². The third-order valence-electron chi connectivity index (χ3n) is 4.44. The number of anilines is 1. The minimum Gasteiger partial charge on any atom is -0.380 e. The van der Waals surface area contributed by atoms with Gasteiger partial charge < -0.3 is 15.4 Å². The average Bonchev–Trinajstić information content (AvgIpc) is 3.28. The molecular formula is C19H24N4O3. The third kappa shape index (κ3) is 4.92. The fourth-order valence-corrected chi connectivity index (χ4v) is 3.13. The van der Waals surface area contributed by atoms with Crippen molar-refractivity contribution in [1.82, 2.24) is 15.1 Å². The summed E-state index contributed by atoms with van der Waals surface area (Å²) >= 11 is 0. The van der Waals surface area contributed by atoms with Crippen LogP contribution in [0.3, 0.4) is 0 Å². The summed E-state index contributed by atoms with van der Waals surface area (Å²) in [5.41, 5.74) is 2.12. The first-order valence-corrected chi connectivity index (χ1v) is 8.85. The molecule has 3 rings (SSSR count). The van der Waals surface area contributed by atoms with E-state index in [4.69, 9.17) is 4.74 Å². The monoisotopic (exact) mass is 356 g/mol. The summed E-state index contributed by atoms with van der Waals surface area (Å²) in [6, 6.07) is 7.51. The van der Waals surface area contributed by atoms with Gasteiger partial charge in [-0.2, -0.15) is 5.10 Å². The van der Waals surface area contributed by atoms with Crippen molar-refractivity contribution in [2.45, 2.75) is 44.9 Å². The van der Waals surface area contributed by atoms with E-state index in [1.165, 1.54) is 17.5 Å². The van der Waals surface area contributed by atoms with E-state index in [1.807, 2.05) is 12.1 Å². The van der Waals surface area contributed by atoms with E-state index in [-0.39, 0.29) is 18.4 Å². The van der Waals surface area contributed by atoms with Crippen LogP contribution in [0.15, 0.2) is 36.7 Å². The normalized spacial score (nSPS) is 14.3. The molecule has 7 nitrogen and oxygen atoms in total. The van der Waals surface area contributed by atoms with E-state index in [9.17, 15) is 9.59 Å². The van der Waals surface area contributed by atoms with Crippen molar-refractivity contribution in [3.05, 3.63) is 47.8 Å². The lowest BCUT2D eigenvalue weighted by Crippen LogP contribution is -2.35. The van der Waals surface area contributed by atoms with E-state index >= 15 is 0 Å². The van der Waals surface area contributed by atoms with Crippen molar-refractivity contribution in [3.8, 4) is 0 Å². The number of rotatable bonds is 7. The Hall–Kier alpha value is -2.67. The number of aromatic nitrogens is 2. The molecule has 2 amide bonds. The number of carbonyl (C=O) groups is 2. The molecule has 26 heavy (non-hydrogen) atoms. The number of amides is 2. The highest BCUT2D eigenvalue weighted by atomic mass is 16.5. The van der Waals surface area contributed by atoms with Gasteiger partial charge in [0, 0.05) is 24.9 Å². The molecule has 138 valence electrons. The van der Waals surface area contributed by atoms with Gasteiger partial charge in [0.25, 0.3) is 5.91 Å². The highest BCUT2D eigenvalue weighted by molar-refractivity contribution is 6.04. The van der Waals surface area contributed by atoms with Crippen LogP contribution in [0.4, 0.5) is 5.69 Å². The second-order valence-corrected chi connectivity index (χ2v) is 6.56. The van der Waals surface area contributed by atoms with Gasteiger partial charge in [-0.15, -0.1) is 0 Å². The van der Waals surface area contributed by atoms with Crippen molar-refractivity contribution in [2.75, 3.05) is 12.4 Å². The quantitative estimate of drug-likeness (QED) is 0.797. The van der Waals surface area contributed by atoms with E-state index in [0.717, 1.165) is 18.4 Å². The molecule has 1 heterocycles. The van der Waals surface area contributed by atoms with Gasteiger partial charge in [-0.1, -0.05) is 25.0 Å². The number of benzene rings is 1. The maximum absolute atomic E-state index is 12.3. The van der Waals surface area contributed by atoms with Gasteiger partial charge >= 0.3 is 0 Å². The summed E-state index contributed by atoms with van der Waals surface area (Å²) in [5, 5.41) is 9.95. The Morgan fingerprint density at radius 3 is 2.65 bits per heavy atom. The summed E-state index contributed by atoms with van der Waals surface area (Å²) in [5.74, 6) is -0.268. The summed E-state index contributed by atoms with van der Waals surface area (Å²) in [6.07, 6.45) is 7.65. The van der Waals surface area contributed by atoms with Crippen LogP contribution in [0.5, 0.6) is 0 Å². The topological polar surface area (TPSA) is 85.2 Å². The molecule has 1 aromatic heterocycles. The highest BCUT2D eigenvalue weighted by Crippen LogP contribution is 2.17. The zero-order valence-electron chi connectivity index (χ0n) is 14.9. The van der Waals surface area contributed by atoms with Crippen LogP contribution in [0.1, 0.15) is 41.6 Å². The molecule has 1 fully saturated rings. The van der Waals surface area contributed by atoms with Crippen LogP contribution in [0, 0.1) is 0 Å². The molecule has 0 aliphatic heterocycles. The smallest absolute Gasteiger partial charge is 0.255 e. The Balaban J connectivity index is 1.52. The first-order chi connectivity index (χ1) is 12.6. The highest BCUT2D eigenvalue weighted by Gasteiger charge is 2.17. The standard InChI is InChI=1S/C19H24N4O3/c1-26-13-14-6-8-15(9-7-14)19(25)22-17-10-20-23(11-17)12-18(24)21-16-4-2-3-5-16/h6-11,16H,2-5,12-13H2,1H3,(H,21,24)(H,22,25). The molecule has 0 radical (unpaired) electrons. The van der Waals surface area contributed by atoms with Crippen molar-refractivity contribution < 1.29 is 14.3 Å². The van der Waals surface area contributed by atoms with Crippen molar-refractivity contribution in [2.24, 2.45) is 0 Å². The summed E-state index contributed by atoms with van der Waals surface area (Å²) in [4.78, 5) is 24.3. The molecule has 7 heteroatoms. The molecule has 1 aromatic carbocycles.